The highest BCUT2D eigenvalue weighted by atomic mass is 35.5. The van der Waals surface area contributed by atoms with Crippen LogP contribution < -0.4 is 0 Å². The molecule has 0 rings (SSSR count). The van der Waals surface area contributed by atoms with Crippen LogP contribution in [0, 0.1) is 0 Å². The van der Waals surface area contributed by atoms with Crippen molar-refractivity contribution in [1.82, 2.24) is 0 Å². The van der Waals surface area contributed by atoms with Gasteiger partial charge in [0, 0.05) is 0 Å². The lowest BCUT2D eigenvalue weighted by atomic mass is 11.9. The molecule has 0 bridgehead atoms. The van der Waals surface area contributed by atoms with Gasteiger partial charge in [-0.15, -0.1) is 48.0 Å². The van der Waals surface area contributed by atoms with Gasteiger partial charge in [0.15, 0.2) is 0 Å². The standard InChI is InChI=1S/CH2Cl2.2ClH/c2-1-3;;/h1H2;2*1H. The number of hydrogen-bond donors (Lipinski definition) is 0. The van der Waals surface area contributed by atoms with Crippen molar-refractivity contribution in [3.63, 3.8) is 0 Å². The maximum Gasteiger partial charge on any atom is 0.0967 e. The van der Waals surface area contributed by atoms with E-state index in [0.717, 1.165) is 0 Å². The second-order valence-electron chi connectivity index (χ2n) is 0.101. The fourth-order valence-corrected chi connectivity index (χ4v) is 0. The summed E-state index contributed by atoms with van der Waals surface area (Å²) in [5, 5.41) is 0.194. The predicted molar refractivity (Wildman–Crippen MR) is 31.1 cm³/mol. The smallest absolute Gasteiger partial charge is 0.0967 e. The van der Waals surface area contributed by atoms with Crippen LogP contribution in [0.25, 0.3) is 0 Å². The highest BCUT2D eigenvalue weighted by molar-refractivity contribution is 6.40. The van der Waals surface area contributed by atoms with Gasteiger partial charge in [-0.05, 0) is 0 Å². The topological polar surface area (TPSA) is 0 Å². The number of alkyl halides is 2. The fourth-order valence-electron chi connectivity index (χ4n) is 0. The predicted octanol–water partition coefficient (Wildman–Crippen LogP) is 2.27. The van der Waals surface area contributed by atoms with E-state index in [1.807, 2.05) is 0 Å². The van der Waals surface area contributed by atoms with Gasteiger partial charge in [-0.25, -0.2) is 0 Å². The van der Waals surface area contributed by atoms with Crippen molar-refractivity contribution < 1.29 is 0 Å². The Kier molecular flexibility index (Phi) is 62.9. The summed E-state index contributed by atoms with van der Waals surface area (Å²) in [5.41, 5.74) is 0. The van der Waals surface area contributed by atoms with Crippen LogP contribution >= 0.6 is 48.0 Å². The molecule has 5 heavy (non-hydrogen) atoms. The summed E-state index contributed by atoms with van der Waals surface area (Å²) in [7, 11) is 0. The quantitative estimate of drug-likeness (QED) is 0.474. The van der Waals surface area contributed by atoms with E-state index >= 15 is 0 Å². The minimum atomic E-state index is 0. The highest BCUT2D eigenvalue weighted by Gasteiger charge is 1.41. The average molecular weight is 158 g/mol. The van der Waals surface area contributed by atoms with Crippen LogP contribution in [-0.4, -0.2) is 5.34 Å². The summed E-state index contributed by atoms with van der Waals surface area (Å²) in [4.78, 5) is 0. The van der Waals surface area contributed by atoms with Crippen molar-refractivity contribution in [2.75, 3.05) is 5.34 Å². The van der Waals surface area contributed by atoms with E-state index in [9.17, 15) is 0 Å². The Labute approximate surface area is 53.7 Å². The molecule has 0 amide bonds. The van der Waals surface area contributed by atoms with E-state index in [4.69, 9.17) is 23.2 Å². The Bertz CT molecular complexity index is 3.61. The first kappa shape index (κ1) is 16.4. The van der Waals surface area contributed by atoms with Gasteiger partial charge in [0.05, 0.1) is 5.34 Å². The summed E-state index contributed by atoms with van der Waals surface area (Å²) in [6, 6.07) is 0. The van der Waals surface area contributed by atoms with Crippen LogP contribution in [0.5, 0.6) is 0 Å². The van der Waals surface area contributed by atoms with Crippen molar-refractivity contribution in [3.8, 4) is 0 Å². The molecule has 0 radical (unpaired) electrons. The van der Waals surface area contributed by atoms with E-state index in [-0.39, 0.29) is 30.2 Å². The molecule has 0 heterocycles. The molecule has 36 valence electrons. The third-order valence-corrected chi connectivity index (χ3v) is 0. The van der Waals surface area contributed by atoms with Crippen LogP contribution in [0.1, 0.15) is 0 Å². The number of rotatable bonds is 0. The lowest BCUT2D eigenvalue weighted by molar-refractivity contribution is 2.20. The first-order valence-electron chi connectivity index (χ1n) is 0.535. The molecule has 4 heteroatoms. The summed E-state index contributed by atoms with van der Waals surface area (Å²) in [6.45, 7) is 0. The molecule has 0 fully saturated rings. The molecular formula is CH4Cl4. The third kappa shape index (κ3) is 38.3. The van der Waals surface area contributed by atoms with Crippen molar-refractivity contribution in [1.29, 1.82) is 0 Å². The molecule has 0 aromatic heterocycles. The third-order valence-electron chi connectivity index (χ3n) is 0. The van der Waals surface area contributed by atoms with E-state index in [1.165, 1.54) is 0 Å². The molecule has 0 aromatic carbocycles. The molecule has 0 atom stereocenters. The Morgan fingerprint density at radius 2 is 1.00 bits per heavy atom. The molecule has 0 N–H and O–H groups in total. The summed E-state index contributed by atoms with van der Waals surface area (Å²) in [6.07, 6.45) is 0. The van der Waals surface area contributed by atoms with Gasteiger partial charge in [0.1, 0.15) is 0 Å². The van der Waals surface area contributed by atoms with Gasteiger partial charge in [-0.3, -0.25) is 0 Å². The molecule has 0 spiro atoms. The normalized spacial score (nSPS) is 3.60. The van der Waals surface area contributed by atoms with Crippen LogP contribution in [-0.2, 0) is 0 Å². The van der Waals surface area contributed by atoms with Gasteiger partial charge in [0.25, 0.3) is 0 Å². The van der Waals surface area contributed by atoms with Crippen molar-refractivity contribution in [3.05, 3.63) is 0 Å². The molecular weight excluding hydrogens is 154 g/mol. The first-order chi connectivity index (χ1) is 1.41. The summed E-state index contributed by atoms with van der Waals surface area (Å²) < 4.78 is 0. The number of hydrogen-bond acceptors (Lipinski definition) is 0. The van der Waals surface area contributed by atoms with Crippen LogP contribution in [0.2, 0.25) is 0 Å². The van der Waals surface area contributed by atoms with E-state index in [2.05, 4.69) is 0 Å². The van der Waals surface area contributed by atoms with Crippen LogP contribution in [0.15, 0.2) is 0 Å². The minimum Gasteiger partial charge on any atom is -0.147 e. The van der Waals surface area contributed by atoms with Gasteiger partial charge >= 0.3 is 0 Å². The minimum absolute atomic E-state index is 0. The molecule has 0 unspecified atom stereocenters. The number of halogens is 4. The Morgan fingerprint density at radius 1 is 1.00 bits per heavy atom. The monoisotopic (exact) mass is 156 g/mol. The molecule has 0 nitrogen and oxygen atoms in total. The zero-order valence-corrected chi connectivity index (χ0v) is 5.42. The summed E-state index contributed by atoms with van der Waals surface area (Å²) >= 11 is 9.53. The highest BCUT2D eigenvalue weighted by Crippen LogP contribution is 1.73. The zero-order chi connectivity index (χ0) is 2.71. The van der Waals surface area contributed by atoms with Crippen LogP contribution in [0.4, 0.5) is 0 Å². The Balaban J connectivity index is -0.0000000200. The molecule has 0 saturated carbocycles. The van der Waals surface area contributed by atoms with Crippen LogP contribution in [0.3, 0.4) is 0 Å². The summed E-state index contributed by atoms with van der Waals surface area (Å²) in [5.74, 6) is 0. The van der Waals surface area contributed by atoms with E-state index < -0.39 is 0 Å². The van der Waals surface area contributed by atoms with Crippen molar-refractivity contribution in [2.24, 2.45) is 0 Å². The van der Waals surface area contributed by atoms with Crippen molar-refractivity contribution >= 4 is 48.0 Å². The molecule has 0 aliphatic heterocycles. The second-order valence-corrected chi connectivity index (χ2v) is 0.909. The van der Waals surface area contributed by atoms with Gasteiger partial charge < -0.3 is 0 Å². The lowest BCUT2D eigenvalue weighted by Crippen LogP contribution is -1.24. The average Bonchev–Trinajstić information content (AvgIpc) is 0.918. The molecule has 0 aliphatic carbocycles. The maximum absolute atomic E-state index is 4.76. The van der Waals surface area contributed by atoms with E-state index in [1.54, 1.807) is 0 Å². The Morgan fingerprint density at radius 3 is 1.00 bits per heavy atom. The molecule has 0 aromatic rings. The Hall–Kier alpha value is 1.16. The van der Waals surface area contributed by atoms with Crippen molar-refractivity contribution in [2.45, 2.75) is 0 Å². The van der Waals surface area contributed by atoms with Gasteiger partial charge in [-0.1, -0.05) is 0 Å². The first-order valence-corrected chi connectivity index (χ1v) is 1.60. The van der Waals surface area contributed by atoms with Gasteiger partial charge in [0.2, 0.25) is 0 Å². The fraction of sp³-hybridized carbons (Fsp3) is 1.00. The molecule has 0 saturated heterocycles. The SMILES string of the molecule is Cl.Cl.ClCCl. The lowest BCUT2D eigenvalue weighted by Gasteiger charge is -1.42. The van der Waals surface area contributed by atoms with E-state index in [0.29, 0.717) is 0 Å². The second kappa shape index (κ2) is 19.1. The molecule has 0 aliphatic rings. The zero-order valence-electron chi connectivity index (χ0n) is 2.28. The van der Waals surface area contributed by atoms with Gasteiger partial charge in [-0.2, -0.15) is 0 Å². The largest absolute Gasteiger partial charge is 0.147 e. The maximum atomic E-state index is 4.76.